The molecule has 6 heteroatoms. The summed E-state index contributed by atoms with van der Waals surface area (Å²) in [4.78, 5) is 20.7. The van der Waals surface area contributed by atoms with E-state index in [1.54, 1.807) is 7.11 Å². The lowest BCUT2D eigenvalue weighted by molar-refractivity contribution is -0.128. The minimum absolute atomic E-state index is 0.116. The van der Waals surface area contributed by atoms with Gasteiger partial charge in [0.2, 0.25) is 0 Å². The standard InChI is InChI=1S/C23H26ClN3O2/c1-29-14-13-25-22(28)23(19-5-3-2-4-6-19)21(18-9-11-20(24)12-10-18)27(16-26-23)15-17-7-8-17/h2-6,9-12,16-17,21H,7-8,13-15H2,1H3,(H,25,28). The molecule has 2 unspecified atom stereocenters. The summed E-state index contributed by atoms with van der Waals surface area (Å²) in [6.45, 7) is 1.80. The molecule has 1 saturated carbocycles. The lowest BCUT2D eigenvalue weighted by Crippen LogP contribution is -2.49. The van der Waals surface area contributed by atoms with Crippen LogP contribution in [0.3, 0.4) is 0 Å². The number of nitrogens with zero attached hydrogens (tertiary/aromatic N) is 2. The van der Waals surface area contributed by atoms with Crippen molar-refractivity contribution >= 4 is 23.8 Å². The fourth-order valence-electron chi connectivity index (χ4n) is 4.01. The zero-order valence-corrected chi connectivity index (χ0v) is 17.3. The van der Waals surface area contributed by atoms with Gasteiger partial charge in [0.15, 0.2) is 5.54 Å². The molecule has 5 nitrogen and oxygen atoms in total. The van der Waals surface area contributed by atoms with Crippen LogP contribution in [0.25, 0.3) is 0 Å². The summed E-state index contributed by atoms with van der Waals surface area (Å²) < 4.78 is 5.12. The second-order valence-electron chi connectivity index (χ2n) is 7.72. The molecule has 4 rings (SSSR count). The van der Waals surface area contributed by atoms with Crippen molar-refractivity contribution in [3.63, 3.8) is 0 Å². The fourth-order valence-corrected chi connectivity index (χ4v) is 4.14. The molecule has 1 aliphatic carbocycles. The van der Waals surface area contributed by atoms with Crippen LogP contribution in [-0.4, -0.2) is 44.0 Å². The van der Waals surface area contributed by atoms with Gasteiger partial charge in [-0.25, -0.2) is 0 Å². The minimum Gasteiger partial charge on any atom is -0.383 e. The van der Waals surface area contributed by atoms with Gasteiger partial charge in [0.05, 0.1) is 19.0 Å². The van der Waals surface area contributed by atoms with Crippen molar-refractivity contribution in [3.05, 3.63) is 70.7 Å². The Hall–Kier alpha value is -2.37. The van der Waals surface area contributed by atoms with Crippen LogP contribution in [-0.2, 0) is 15.1 Å². The number of methoxy groups -OCH3 is 1. The van der Waals surface area contributed by atoms with E-state index >= 15 is 0 Å². The number of carbonyl (C=O) groups is 1. The van der Waals surface area contributed by atoms with E-state index in [9.17, 15) is 4.79 Å². The monoisotopic (exact) mass is 411 g/mol. The van der Waals surface area contributed by atoms with Gasteiger partial charge in [0, 0.05) is 25.2 Å². The summed E-state index contributed by atoms with van der Waals surface area (Å²) in [5.74, 6) is 0.551. The first-order valence-corrected chi connectivity index (χ1v) is 10.4. The van der Waals surface area contributed by atoms with Gasteiger partial charge >= 0.3 is 0 Å². The van der Waals surface area contributed by atoms with Crippen molar-refractivity contribution in [2.75, 3.05) is 26.8 Å². The molecule has 2 aromatic carbocycles. The Bertz CT molecular complexity index is 867. The van der Waals surface area contributed by atoms with E-state index in [2.05, 4.69) is 10.2 Å². The zero-order chi connectivity index (χ0) is 20.3. The molecule has 1 amide bonds. The molecular weight excluding hydrogens is 386 g/mol. The first-order valence-electron chi connectivity index (χ1n) is 10.0. The molecule has 1 aliphatic heterocycles. The van der Waals surface area contributed by atoms with Crippen LogP contribution < -0.4 is 5.32 Å². The van der Waals surface area contributed by atoms with Crippen molar-refractivity contribution in [1.82, 2.24) is 10.2 Å². The molecule has 0 spiro atoms. The second kappa shape index (κ2) is 8.56. The first kappa shape index (κ1) is 19.9. The Morgan fingerprint density at radius 3 is 2.59 bits per heavy atom. The molecule has 2 aliphatic rings. The van der Waals surface area contributed by atoms with Gasteiger partial charge in [-0.05, 0) is 42.0 Å². The summed E-state index contributed by atoms with van der Waals surface area (Å²) in [6, 6.07) is 17.4. The number of carbonyl (C=O) groups excluding carboxylic acids is 1. The number of aliphatic imine (C=N–C) groups is 1. The Kier molecular flexibility index (Phi) is 5.88. The average molecular weight is 412 g/mol. The molecule has 2 atom stereocenters. The van der Waals surface area contributed by atoms with Crippen LogP contribution in [0, 0.1) is 5.92 Å². The van der Waals surface area contributed by atoms with E-state index in [1.165, 1.54) is 12.8 Å². The third-order valence-corrected chi connectivity index (χ3v) is 5.89. The fraction of sp³-hybridized carbons (Fsp3) is 0.391. The summed E-state index contributed by atoms with van der Waals surface area (Å²) in [5.41, 5.74) is 0.847. The van der Waals surface area contributed by atoms with E-state index in [-0.39, 0.29) is 11.9 Å². The summed E-state index contributed by atoms with van der Waals surface area (Å²) in [7, 11) is 1.63. The number of halogens is 1. The Morgan fingerprint density at radius 1 is 1.21 bits per heavy atom. The molecule has 0 bridgehead atoms. The SMILES string of the molecule is COCCNC(=O)C1(c2ccccc2)N=CN(CC2CC2)C1c1ccc(Cl)cc1. The van der Waals surface area contributed by atoms with Crippen LogP contribution >= 0.6 is 11.6 Å². The van der Waals surface area contributed by atoms with Crippen LogP contribution in [0.15, 0.2) is 59.6 Å². The maximum absolute atomic E-state index is 13.6. The topological polar surface area (TPSA) is 53.9 Å². The predicted octanol–water partition coefficient (Wildman–Crippen LogP) is 3.79. The van der Waals surface area contributed by atoms with Gasteiger partial charge in [-0.2, -0.15) is 0 Å². The van der Waals surface area contributed by atoms with E-state index in [4.69, 9.17) is 21.3 Å². The number of amides is 1. The van der Waals surface area contributed by atoms with Gasteiger partial charge in [0.25, 0.3) is 5.91 Å². The molecule has 1 heterocycles. The lowest BCUT2D eigenvalue weighted by Gasteiger charge is -2.37. The van der Waals surface area contributed by atoms with Gasteiger partial charge in [-0.3, -0.25) is 9.79 Å². The van der Waals surface area contributed by atoms with Gasteiger partial charge in [-0.1, -0.05) is 54.1 Å². The van der Waals surface area contributed by atoms with E-state index in [1.807, 2.05) is 60.9 Å². The number of rotatable bonds is 8. The van der Waals surface area contributed by atoms with Crippen LogP contribution in [0.4, 0.5) is 0 Å². The zero-order valence-electron chi connectivity index (χ0n) is 16.6. The Balaban J connectivity index is 1.78. The highest BCUT2D eigenvalue weighted by Gasteiger charge is 2.53. The normalized spacial score (nSPS) is 23.4. The summed E-state index contributed by atoms with van der Waals surface area (Å²) >= 11 is 6.15. The molecule has 1 N–H and O–H groups in total. The Morgan fingerprint density at radius 2 is 1.93 bits per heavy atom. The average Bonchev–Trinajstić information content (AvgIpc) is 3.48. The first-order chi connectivity index (χ1) is 14.1. The van der Waals surface area contributed by atoms with Crippen molar-refractivity contribution < 1.29 is 9.53 Å². The largest absolute Gasteiger partial charge is 0.383 e. The summed E-state index contributed by atoms with van der Waals surface area (Å²) in [6.07, 6.45) is 4.33. The maximum Gasteiger partial charge on any atom is 0.255 e. The van der Waals surface area contributed by atoms with Crippen molar-refractivity contribution in [1.29, 1.82) is 0 Å². The number of ether oxygens (including phenoxy) is 1. The lowest BCUT2D eigenvalue weighted by atomic mass is 9.79. The van der Waals surface area contributed by atoms with Crippen molar-refractivity contribution in [2.24, 2.45) is 10.9 Å². The predicted molar refractivity (Wildman–Crippen MR) is 115 cm³/mol. The van der Waals surface area contributed by atoms with Crippen LogP contribution in [0.5, 0.6) is 0 Å². The van der Waals surface area contributed by atoms with Gasteiger partial charge in [0.1, 0.15) is 0 Å². The molecule has 2 aromatic rings. The molecule has 0 saturated heterocycles. The molecule has 0 radical (unpaired) electrons. The number of benzene rings is 2. The smallest absolute Gasteiger partial charge is 0.255 e. The molecular formula is C23H26ClN3O2. The quantitative estimate of drug-likeness (QED) is 0.672. The van der Waals surface area contributed by atoms with Gasteiger partial charge in [-0.15, -0.1) is 0 Å². The molecule has 0 aromatic heterocycles. The highest BCUT2D eigenvalue weighted by molar-refractivity contribution is 6.30. The summed E-state index contributed by atoms with van der Waals surface area (Å²) in [5, 5.41) is 3.71. The number of hydrogen-bond donors (Lipinski definition) is 1. The van der Waals surface area contributed by atoms with Crippen molar-refractivity contribution in [3.8, 4) is 0 Å². The van der Waals surface area contributed by atoms with Gasteiger partial charge < -0.3 is 15.0 Å². The minimum atomic E-state index is -1.06. The maximum atomic E-state index is 13.6. The highest BCUT2D eigenvalue weighted by Crippen LogP contribution is 2.47. The third kappa shape index (κ3) is 4.02. The van der Waals surface area contributed by atoms with Crippen LogP contribution in [0.2, 0.25) is 5.02 Å². The number of hydrogen-bond acceptors (Lipinski definition) is 4. The Labute approximate surface area is 176 Å². The van der Waals surface area contributed by atoms with E-state index < -0.39 is 5.54 Å². The van der Waals surface area contributed by atoms with E-state index in [0.29, 0.717) is 24.1 Å². The third-order valence-electron chi connectivity index (χ3n) is 5.64. The van der Waals surface area contributed by atoms with Crippen molar-refractivity contribution in [2.45, 2.75) is 24.4 Å². The molecule has 152 valence electrons. The highest BCUT2D eigenvalue weighted by atomic mass is 35.5. The second-order valence-corrected chi connectivity index (χ2v) is 8.16. The van der Waals surface area contributed by atoms with Crippen LogP contribution in [0.1, 0.15) is 30.0 Å². The molecule has 1 fully saturated rings. The van der Waals surface area contributed by atoms with E-state index in [0.717, 1.165) is 17.7 Å². The molecule has 29 heavy (non-hydrogen) atoms. The number of nitrogens with one attached hydrogen (secondary N) is 1.